The lowest BCUT2D eigenvalue weighted by Gasteiger charge is -2.37. The summed E-state index contributed by atoms with van der Waals surface area (Å²) in [6.07, 6.45) is 1.89. The number of pyridine rings is 1. The molecule has 8 heteroatoms. The number of carboxylic acids is 1. The third kappa shape index (κ3) is 7.26. The highest BCUT2D eigenvalue weighted by Gasteiger charge is 2.34. The maximum atomic E-state index is 13.6. The van der Waals surface area contributed by atoms with Crippen LogP contribution in [0.1, 0.15) is 51.3 Å². The number of hydrogen-bond donors (Lipinski definition) is 2. The Morgan fingerprint density at radius 2 is 1.93 bits per heavy atom. The Balaban J connectivity index is 1.58. The van der Waals surface area contributed by atoms with Gasteiger partial charge in [-0.1, -0.05) is 61.2 Å². The van der Waals surface area contributed by atoms with E-state index in [9.17, 15) is 19.8 Å². The summed E-state index contributed by atoms with van der Waals surface area (Å²) in [5.41, 5.74) is 3.16. The number of aromatic carboxylic acids is 1. The first-order valence-corrected chi connectivity index (χ1v) is 13.4. The van der Waals surface area contributed by atoms with Crippen LogP contribution in [0.5, 0.6) is 5.88 Å². The van der Waals surface area contributed by atoms with E-state index in [0.29, 0.717) is 37.2 Å². The van der Waals surface area contributed by atoms with Crippen molar-refractivity contribution in [3.63, 3.8) is 0 Å². The van der Waals surface area contributed by atoms with E-state index >= 15 is 0 Å². The Kier molecular flexibility index (Phi) is 9.54. The predicted octanol–water partition coefficient (Wildman–Crippen LogP) is 3.73. The number of benzene rings is 2. The second-order valence-corrected chi connectivity index (χ2v) is 10.4. The van der Waals surface area contributed by atoms with E-state index in [-0.39, 0.29) is 42.0 Å². The quantitative estimate of drug-likeness (QED) is 0.419. The minimum atomic E-state index is -0.962. The second kappa shape index (κ2) is 13.2. The first-order valence-electron chi connectivity index (χ1n) is 13.4. The molecular formula is C32H35N3O5. The van der Waals surface area contributed by atoms with Crippen LogP contribution in [0.4, 0.5) is 0 Å². The number of nitrogens with zero attached hydrogens (tertiary/aromatic N) is 3. The van der Waals surface area contributed by atoms with Crippen molar-refractivity contribution in [3.8, 4) is 17.7 Å². The first-order chi connectivity index (χ1) is 19.2. The highest BCUT2D eigenvalue weighted by atomic mass is 16.5. The van der Waals surface area contributed by atoms with Crippen molar-refractivity contribution in [1.29, 1.82) is 0 Å². The van der Waals surface area contributed by atoms with E-state index in [0.717, 1.165) is 11.1 Å². The van der Waals surface area contributed by atoms with Gasteiger partial charge in [-0.3, -0.25) is 9.69 Å². The third-order valence-electron chi connectivity index (χ3n) is 7.01. The zero-order chi connectivity index (χ0) is 28.6. The smallest absolute Gasteiger partial charge is 0.335 e. The first kappa shape index (κ1) is 28.8. The number of hydrogen-bond acceptors (Lipinski definition) is 6. The third-order valence-corrected chi connectivity index (χ3v) is 7.01. The molecule has 2 aromatic carbocycles. The van der Waals surface area contributed by atoms with Gasteiger partial charge < -0.3 is 19.8 Å². The highest BCUT2D eigenvalue weighted by Crippen LogP contribution is 2.27. The van der Waals surface area contributed by atoms with Gasteiger partial charge >= 0.3 is 5.97 Å². The van der Waals surface area contributed by atoms with Gasteiger partial charge in [-0.25, -0.2) is 9.78 Å². The number of rotatable bonds is 8. The Morgan fingerprint density at radius 1 is 1.18 bits per heavy atom. The van der Waals surface area contributed by atoms with Gasteiger partial charge in [0.15, 0.2) is 0 Å². The molecule has 0 aliphatic carbocycles. The monoisotopic (exact) mass is 541 g/mol. The SMILES string of the molecule is C[C@H](CO)N1C[C@H](C)[C@H](CN(C)Cc2cccc(C(=O)O)c2)Oc2ncc(C#CCc3ccccc3)cc2C1=O. The van der Waals surface area contributed by atoms with Crippen LogP contribution in [-0.4, -0.2) is 75.8 Å². The van der Waals surface area contributed by atoms with Gasteiger partial charge in [-0.15, -0.1) is 0 Å². The zero-order valence-corrected chi connectivity index (χ0v) is 23.1. The number of aliphatic hydroxyl groups is 1. The van der Waals surface area contributed by atoms with E-state index in [1.165, 1.54) is 0 Å². The molecule has 1 amide bonds. The van der Waals surface area contributed by atoms with Crippen LogP contribution < -0.4 is 4.74 Å². The van der Waals surface area contributed by atoms with Gasteiger partial charge in [-0.05, 0) is 43.3 Å². The number of likely N-dealkylation sites (N-methyl/N-ethyl adjacent to an activating group) is 1. The molecule has 1 aliphatic rings. The lowest BCUT2D eigenvalue weighted by molar-refractivity contribution is 0.0324. The van der Waals surface area contributed by atoms with E-state index in [1.807, 2.05) is 57.3 Å². The minimum Gasteiger partial charge on any atom is -0.478 e. The van der Waals surface area contributed by atoms with Crippen molar-refractivity contribution in [2.75, 3.05) is 26.7 Å². The summed E-state index contributed by atoms with van der Waals surface area (Å²) < 4.78 is 6.38. The molecule has 0 fully saturated rings. The van der Waals surface area contributed by atoms with Crippen LogP contribution >= 0.6 is 0 Å². The molecule has 0 unspecified atom stereocenters. The van der Waals surface area contributed by atoms with Crippen LogP contribution in [0, 0.1) is 17.8 Å². The van der Waals surface area contributed by atoms with Crippen LogP contribution in [0.3, 0.4) is 0 Å². The summed E-state index contributed by atoms with van der Waals surface area (Å²) in [6.45, 7) is 5.12. The fourth-order valence-corrected chi connectivity index (χ4v) is 4.72. The summed E-state index contributed by atoms with van der Waals surface area (Å²) >= 11 is 0. The van der Waals surface area contributed by atoms with E-state index in [4.69, 9.17) is 4.74 Å². The molecule has 4 rings (SSSR count). The normalized spacial score (nSPS) is 17.6. The summed E-state index contributed by atoms with van der Waals surface area (Å²) in [5, 5.41) is 19.2. The minimum absolute atomic E-state index is 0.0638. The number of amides is 1. The molecule has 3 aromatic rings. The molecule has 208 valence electrons. The molecule has 0 radical (unpaired) electrons. The average Bonchev–Trinajstić information content (AvgIpc) is 2.95. The summed E-state index contributed by atoms with van der Waals surface area (Å²) in [7, 11) is 1.95. The van der Waals surface area contributed by atoms with Gasteiger partial charge in [0.25, 0.3) is 5.91 Å². The molecule has 1 aliphatic heterocycles. The van der Waals surface area contributed by atoms with Gasteiger partial charge in [0, 0.05) is 43.7 Å². The summed E-state index contributed by atoms with van der Waals surface area (Å²) in [5.74, 6) is 5.23. The number of carbonyl (C=O) groups excluding carboxylic acids is 1. The number of carboxylic acid groups (broad SMARTS) is 1. The van der Waals surface area contributed by atoms with Crippen LogP contribution in [0.2, 0.25) is 0 Å². The Hall–Kier alpha value is -4.19. The van der Waals surface area contributed by atoms with Crippen LogP contribution in [-0.2, 0) is 13.0 Å². The Labute approximate surface area is 235 Å². The average molecular weight is 542 g/mol. The second-order valence-electron chi connectivity index (χ2n) is 10.4. The topological polar surface area (TPSA) is 103 Å². The summed E-state index contributed by atoms with van der Waals surface area (Å²) in [4.78, 5) is 33.2. The van der Waals surface area contributed by atoms with Gasteiger partial charge in [0.2, 0.25) is 5.88 Å². The molecule has 2 heterocycles. The zero-order valence-electron chi connectivity index (χ0n) is 23.1. The number of aliphatic hydroxyl groups excluding tert-OH is 1. The maximum Gasteiger partial charge on any atom is 0.335 e. The Bertz CT molecular complexity index is 1400. The highest BCUT2D eigenvalue weighted by molar-refractivity contribution is 5.97. The number of ether oxygens (including phenoxy) is 1. The van der Waals surface area contributed by atoms with Gasteiger partial charge in [0.1, 0.15) is 11.7 Å². The Morgan fingerprint density at radius 3 is 2.65 bits per heavy atom. The number of aromatic nitrogens is 1. The van der Waals surface area contributed by atoms with Crippen molar-refractivity contribution < 1.29 is 24.5 Å². The molecule has 8 nitrogen and oxygen atoms in total. The fraction of sp³-hybridized carbons (Fsp3) is 0.344. The van der Waals surface area contributed by atoms with Crippen molar-refractivity contribution in [2.24, 2.45) is 5.92 Å². The molecule has 1 aromatic heterocycles. The maximum absolute atomic E-state index is 13.6. The predicted molar refractivity (Wildman–Crippen MR) is 152 cm³/mol. The molecule has 0 saturated carbocycles. The standard InChI is InChI=1S/C32H35N3O5/c1-22-18-35(23(2)21-36)31(37)28-16-25(12-7-11-24-9-5-4-6-10-24)17-33-30(28)40-29(22)20-34(3)19-26-13-8-14-27(15-26)32(38)39/h4-6,8-10,13-17,22-23,29,36H,11,18-21H2,1-3H3,(H,38,39)/t22-,23+,29-/m0/s1. The van der Waals surface area contributed by atoms with Crippen molar-refractivity contribution in [3.05, 3.63) is 94.7 Å². The van der Waals surface area contributed by atoms with Crippen molar-refractivity contribution >= 4 is 11.9 Å². The number of carbonyl (C=O) groups is 2. The fourth-order valence-electron chi connectivity index (χ4n) is 4.72. The van der Waals surface area contributed by atoms with Crippen LogP contribution in [0.25, 0.3) is 0 Å². The molecule has 0 spiro atoms. The molecule has 0 saturated heterocycles. The molecule has 0 bridgehead atoms. The van der Waals surface area contributed by atoms with Crippen molar-refractivity contribution in [1.82, 2.24) is 14.8 Å². The van der Waals surface area contributed by atoms with E-state index < -0.39 is 5.97 Å². The lowest BCUT2D eigenvalue weighted by Crippen LogP contribution is -2.49. The molecular weight excluding hydrogens is 506 g/mol. The van der Waals surface area contributed by atoms with E-state index in [1.54, 1.807) is 35.4 Å². The van der Waals surface area contributed by atoms with E-state index in [2.05, 4.69) is 21.7 Å². The van der Waals surface area contributed by atoms with Crippen molar-refractivity contribution in [2.45, 2.75) is 39.0 Å². The van der Waals surface area contributed by atoms with Gasteiger partial charge in [-0.2, -0.15) is 0 Å². The summed E-state index contributed by atoms with van der Waals surface area (Å²) in [6, 6.07) is 18.1. The lowest BCUT2D eigenvalue weighted by atomic mass is 9.99. The molecule has 40 heavy (non-hydrogen) atoms. The molecule has 3 atom stereocenters. The largest absolute Gasteiger partial charge is 0.478 e. The van der Waals surface area contributed by atoms with Gasteiger partial charge in [0.05, 0.1) is 18.2 Å². The molecule has 2 N–H and O–H groups in total. The number of fused-ring (bicyclic) bond motifs is 1. The van der Waals surface area contributed by atoms with Crippen LogP contribution in [0.15, 0.2) is 66.9 Å².